The summed E-state index contributed by atoms with van der Waals surface area (Å²) in [6.45, 7) is 9.42. The van der Waals surface area contributed by atoms with Crippen molar-refractivity contribution in [2.75, 3.05) is 37.6 Å². The highest BCUT2D eigenvalue weighted by molar-refractivity contribution is 14.0. The lowest BCUT2D eigenvalue weighted by molar-refractivity contribution is 0.370. The standard InChI is InChI=1S/C19H26N6.HI/c1-3-20-18(23-15-17-7-4-6-16(2)14-17)24-10-12-25(13-11-24)19-21-8-5-9-22-19;/h4-9,14H,3,10-13,15H2,1-2H3,(H,20,23);1H. The second-order valence-corrected chi connectivity index (χ2v) is 6.18. The first-order valence-electron chi connectivity index (χ1n) is 8.87. The number of aromatic nitrogens is 2. The van der Waals surface area contributed by atoms with Crippen LogP contribution in [0.3, 0.4) is 0 Å². The third-order valence-electron chi connectivity index (χ3n) is 4.24. The van der Waals surface area contributed by atoms with Gasteiger partial charge in [-0.2, -0.15) is 0 Å². The van der Waals surface area contributed by atoms with E-state index in [2.05, 4.69) is 63.2 Å². The number of nitrogens with zero attached hydrogens (tertiary/aromatic N) is 5. The second-order valence-electron chi connectivity index (χ2n) is 6.18. The van der Waals surface area contributed by atoms with Gasteiger partial charge in [0.15, 0.2) is 5.96 Å². The molecule has 140 valence electrons. The maximum Gasteiger partial charge on any atom is 0.225 e. The minimum absolute atomic E-state index is 0. The highest BCUT2D eigenvalue weighted by atomic mass is 127. The molecular weight excluding hydrogens is 439 g/mol. The van der Waals surface area contributed by atoms with Crippen molar-refractivity contribution in [3.05, 3.63) is 53.9 Å². The Bertz CT molecular complexity index is 698. The largest absolute Gasteiger partial charge is 0.357 e. The van der Waals surface area contributed by atoms with Gasteiger partial charge in [0.2, 0.25) is 5.95 Å². The summed E-state index contributed by atoms with van der Waals surface area (Å²) in [6.07, 6.45) is 3.59. The molecule has 0 unspecified atom stereocenters. The summed E-state index contributed by atoms with van der Waals surface area (Å²) in [4.78, 5) is 18.1. The second kappa shape index (κ2) is 10.3. The molecule has 1 aliphatic rings. The van der Waals surface area contributed by atoms with E-state index in [9.17, 15) is 0 Å². The van der Waals surface area contributed by atoms with Gasteiger partial charge in [0.25, 0.3) is 0 Å². The van der Waals surface area contributed by atoms with E-state index in [0.717, 1.165) is 44.6 Å². The van der Waals surface area contributed by atoms with E-state index >= 15 is 0 Å². The van der Waals surface area contributed by atoms with E-state index in [1.807, 2.05) is 6.07 Å². The zero-order valence-electron chi connectivity index (χ0n) is 15.4. The van der Waals surface area contributed by atoms with Crippen molar-refractivity contribution < 1.29 is 0 Å². The number of benzene rings is 1. The number of nitrogens with one attached hydrogen (secondary N) is 1. The zero-order valence-corrected chi connectivity index (χ0v) is 17.8. The summed E-state index contributed by atoms with van der Waals surface area (Å²) in [5.74, 6) is 1.79. The van der Waals surface area contributed by atoms with Crippen molar-refractivity contribution in [3.8, 4) is 0 Å². The van der Waals surface area contributed by atoms with E-state index in [1.165, 1.54) is 11.1 Å². The van der Waals surface area contributed by atoms with Gasteiger partial charge in [-0.15, -0.1) is 24.0 Å². The molecule has 7 heteroatoms. The monoisotopic (exact) mass is 466 g/mol. The quantitative estimate of drug-likeness (QED) is 0.427. The van der Waals surface area contributed by atoms with Crippen LogP contribution in [0.25, 0.3) is 0 Å². The molecule has 0 amide bonds. The summed E-state index contributed by atoms with van der Waals surface area (Å²) in [7, 11) is 0. The van der Waals surface area contributed by atoms with Gasteiger partial charge >= 0.3 is 0 Å². The summed E-state index contributed by atoms with van der Waals surface area (Å²) < 4.78 is 0. The molecule has 1 aromatic carbocycles. The Labute approximate surface area is 172 Å². The first-order chi connectivity index (χ1) is 12.3. The lowest BCUT2D eigenvalue weighted by Crippen LogP contribution is -2.52. The number of rotatable bonds is 4. The minimum atomic E-state index is 0. The maximum atomic E-state index is 4.83. The number of anilines is 1. The lowest BCUT2D eigenvalue weighted by Gasteiger charge is -2.36. The number of piperazine rings is 1. The molecule has 1 N–H and O–H groups in total. The molecule has 0 saturated carbocycles. The molecule has 26 heavy (non-hydrogen) atoms. The number of guanidine groups is 1. The number of aliphatic imine (C=N–C) groups is 1. The van der Waals surface area contributed by atoms with Crippen LogP contribution in [0.5, 0.6) is 0 Å². The Morgan fingerprint density at radius 1 is 1.12 bits per heavy atom. The fourth-order valence-corrected chi connectivity index (χ4v) is 2.98. The van der Waals surface area contributed by atoms with Crippen molar-refractivity contribution in [2.24, 2.45) is 4.99 Å². The Kier molecular flexibility index (Phi) is 8.08. The highest BCUT2D eigenvalue weighted by Crippen LogP contribution is 2.11. The van der Waals surface area contributed by atoms with Crippen molar-refractivity contribution in [1.29, 1.82) is 0 Å². The van der Waals surface area contributed by atoms with Crippen molar-refractivity contribution in [2.45, 2.75) is 20.4 Å². The lowest BCUT2D eigenvalue weighted by atomic mass is 10.1. The summed E-state index contributed by atoms with van der Waals surface area (Å²) in [5, 5.41) is 3.42. The third-order valence-corrected chi connectivity index (χ3v) is 4.24. The average Bonchev–Trinajstić information content (AvgIpc) is 2.66. The van der Waals surface area contributed by atoms with E-state index < -0.39 is 0 Å². The van der Waals surface area contributed by atoms with Crippen LogP contribution in [0.1, 0.15) is 18.1 Å². The van der Waals surface area contributed by atoms with E-state index in [4.69, 9.17) is 4.99 Å². The van der Waals surface area contributed by atoms with Gasteiger partial charge in [-0.05, 0) is 25.5 Å². The van der Waals surface area contributed by atoms with Crippen LogP contribution in [-0.4, -0.2) is 53.6 Å². The van der Waals surface area contributed by atoms with E-state index in [1.54, 1.807) is 12.4 Å². The molecule has 0 aliphatic carbocycles. The normalized spacial score (nSPS) is 14.8. The topological polar surface area (TPSA) is 56.7 Å². The number of halogens is 1. The van der Waals surface area contributed by atoms with Crippen LogP contribution in [0, 0.1) is 6.92 Å². The molecule has 1 aromatic heterocycles. The van der Waals surface area contributed by atoms with Crippen LogP contribution in [0.15, 0.2) is 47.7 Å². The number of aryl methyl sites for hydroxylation is 1. The Hall–Kier alpha value is -1.90. The van der Waals surface area contributed by atoms with Crippen LogP contribution in [-0.2, 0) is 6.54 Å². The van der Waals surface area contributed by atoms with Crippen LogP contribution < -0.4 is 10.2 Å². The van der Waals surface area contributed by atoms with Crippen LogP contribution in [0.4, 0.5) is 5.95 Å². The van der Waals surface area contributed by atoms with Gasteiger partial charge in [0.05, 0.1) is 6.54 Å². The molecular formula is C19H27IN6. The fraction of sp³-hybridized carbons (Fsp3) is 0.421. The summed E-state index contributed by atoms with van der Waals surface area (Å²) >= 11 is 0. The highest BCUT2D eigenvalue weighted by Gasteiger charge is 2.20. The fourth-order valence-electron chi connectivity index (χ4n) is 2.98. The minimum Gasteiger partial charge on any atom is -0.357 e. The summed E-state index contributed by atoms with van der Waals surface area (Å²) in [6, 6.07) is 10.4. The van der Waals surface area contributed by atoms with Gasteiger partial charge in [-0.1, -0.05) is 29.8 Å². The molecule has 3 rings (SSSR count). The Morgan fingerprint density at radius 2 is 1.85 bits per heavy atom. The molecule has 6 nitrogen and oxygen atoms in total. The molecule has 2 heterocycles. The van der Waals surface area contributed by atoms with Crippen molar-refractivity contribution in [1.82, 2.24) is 20.2 Å². The van der Waals surface area contributed by atoms with Gasteiger partial charge in [-0.3, -0.25) is 0 Å². The SMILES string of the molecule is CCNC(=NCc1cccc(C)c1)N1CCN(c2ncccn2)CC1.I. The first-order valence-corrected chi connectivity index (χ1v) is 8.87. The average molecular weight is 466 g/mol. The predicted molar refractivity (Wildman–Crippen MR) is 117 cm³/mol. The molecule has 2 aromatic rings. The van der Waals surface area contributed by atoms with Gasteiger partial charge in [-0.25, -0.2) is 15.0 Å². The molecule has 0 radical (unpaired) electrons. The molecule has 1 aliphatic heterocycles. The smallest absolute Gasteiger partial charge is 0.225 e. The Morgan fingerprint density at radius 3 is 2.50 bits per heavy atom. The maximum absolute atomic E-state index is 4.83. The third kappa shape index (κ3) is 5.55. The van der Waals surface area contributed by atoms with Crippen LogP contribution >= 0.6 is 24.0 Å². The van der Waals surface area contributed by atoms with Crippen molar-refractivity contribution >= 4 is 35.9 Å². The Balaban J connectivity index is 0.00000243. The van der Waals surface area contributed by atoms with E-state index in [0.29, 0.717) is 6.54 Å². The molecule has 1 fully saturated rings. The zero-order chi connectivity index (χ0) is 17.5. The van der Waals surface area contributed by atoms with E-state index in [-0.39, 0.29) is 24.0 Å². The van der Waals surface area contributed by atoms with Gasteiger partial charge in [0, 0.05) is 45.1 Å². The summed E-state index contributed by atoms with van der Waals surface area (Å²) in [5.41, 5.74) is 2.51. The van der Waals surface area contributed by atoms with Gasteiger partial charge < -0.3 is 15.1 Å². The van der Waals surface area contributed by atoms with Crippen LogP contribution in [0.2, 0.25) is 0 Å². The van der Waals surface area contributed by atoms with Gasteiger partial charge in [0.1, 0.15) is 0 Å². The number of hydrogen-bond acceptors (Lipinski definition) is 4. The number of hydrogen-bond donors (Lipinski definition) is 1. The van der Waals surface area contributed by atoms with Crippen molar-refractivity contribution in [3.63, 3.8) is 0 Å². The molecule has 1 saturated heterocycles. The molecule has 0 bridgehead atoms. The first kappa shape index (κ1) is 20.4. The predicted octanol–water partition coefficient (Wildman–Crippen LogP) is 2.69. The molecule has 0 atom stereocenters. The molecule has 0 spiro atoms.